The molecule has 0 aromatic heterocycles. The van der Waals surface area contributed by atoms with E-state index in [0.29, 0.717) is 12.1 Å². The highest BCUT2D eigenvalue weighted by atomic mass is 16.4. The largest absolute Gasteiger partial charge is 0.481 e. The van der Waals surface area contributed by atoms with Gasteiger partial charge in [0.2, 0.25) is 5.91 Å². The molecule has 0 saturated carbocycles. The molecule has 0 aliphatic heterocycles. The van der Waals surface area contributed by atoms with E-state index in [1.807, 2.05) is 6.92 Å². The molecule has 0 spiro atoms. The fraction of sp³-hybridized carbons (Fsp3) is 0.438. The molecule has 120 valence electrons. The van der Waals surface area contributed by atoms with Crippen molar-refractivity contribution in [1.29, 1.82) is 0 Å². The van der Waals surface area contributed by atoms with Gasteiger partial charge in [-0.2, -0.15) is 0 Å². The van der Waals surface area contributed by atoms with E-state index < -0.39 is 17.9 Å². The number of benzene rings is 1. The zero-order valence-corrected chi connectivity index (χ0v) is 12.5. The second-order valence-electron chi connectivity index (χ2n) is 5.15. The Kier molecular flexibility index (Phi) is 7.08. The van der Waals surface area contributed by atoms with Crippen molar-refractivity contribution < 1.29 is 24.6 Å². The zero-order valence-electron chi connectivity index (χ0n) is 12.5. The van der Waals surface area contributed by atoms with Crippen LogP contribution in [0, 0.1) is 5.92 Å². The Balaban J connectivity index is 2.53. The topological polar surface area (TPSA) is 104 Å². The Morgan fingerprint density at radius 2 is 1.91 bits per heavy atom. The molecule has 1 aromatic carbocycles. The number of anilines is 1. The van der Waals surface area contributed by atoms with E-state index >= 15 is 0 Å². The third kappa shape index (κ3) is 5.95. The summed E-state index contributed by atoms with van der Waals surface area (Å²) >= 11 is 0. The molecule has 6 heteroatoms. The van der Waals surface area contributed by atoms with Crippen LogP contribution in [0.15, 0.2) is 24.3 Å². The van der Waals surface area contributed by atoms with Gasteiger partial charge < -0.3 is 15.5 Å². The minimum atomic E-state index is -1.07. The number of aromatic carboxylic acids is 1. The fourth-order valence-corrected chi connectivity index (χ4v) is 2.10. The van der Waals surface area contributed by atoms with Crippen LogP contribution in [0.3, 0.4) is 0 Å². The van der Waals surface area contributed by atoms with Crippen molar-refractivity contribution in [2.24, 2.45) is 5.92 Å². The molecule has 0 aliphatic rings. The number of rotatable bonds is 9. The molecule has 1 aromatic rings. The number of carboxylic acids is 2. The summed E-state index contributed by atoms with van der Waals surface area (Å²) in [5.74, 6) is -2.78. The normalized spacial score (nSPS) is 11.7. The molecule has 0 heterocycles. The van der Waals surface area contributed by atoms with Crippen molar-refractivity contribution in [1.82, 2.24) is 0 Å². The molecular weight excluding hydrogens is 286 g/mol. The van der Waals surface area contributed by atoms with Crippen molar-refractivity contribution in [2.75, 3.05) is 5.32 Å². The fourth-order valence-electron chi connectivity index (χ4n) is 2.10. The second-order valence-corrected chi connectivity index (χ2v) is 5.15. The second kappa shape index (κ2) is 8.81. The van der Waals surface area contributed by atoms with E-state index in [9.17, 15) is 14.4 Å². The number of amides is 1. The molecule has 1 rings (SSSR count). The Bertz CT molecular complexity index is 541. The van der Waals surface area contributed by atoms with Crippen LogP contribution in [0.25, 0.3) is 0 Å². The van der Waals surface area contributed by atoms with E-state index in [2.05, 4.69) is 5.32 Å². The highest BCUT2D eigenvalue weighted by Crippen LogP contribution is 2.17. The standard InChI is InChI=1S/C16H21NO5/c1-2-3-5-11(15(19)20)8-9-14(18)17-13-7-4-6-12(10-13)16(21)22/h4,6-7,10-11H,2-3,5,8-9H2,1H3,(H,17,18)(H,19,20)(H,21,22)/t11-/m0/s1. The van der Waals surface area contributed by atoms with Crippen molar-refractivity contribution in [2.45, 2.75) is 39.0 Å². The van der Waals surface area contributed by atoms with Gasteiger partial charge in [-0.15, -0.1) is 0 Å². The van der Waals surface area contributed by atoms with Crippen LogP contribution in [0.2, 0.25) is 0 Å². The minimum Gasteiger partial charge on any atom is -0.481 e. The van der Waals surface area contributed by atoms with Crippen LogP contribution in [0.4, 0.5) is 5.69 Å². The van der Waals surface area contributed by atoms with Crippen LogP contribution in [-0.2, 0) is 9.59 Å². The average Bonchev–Trinajstić information content (AvgIpc) is 2.47. The minimum absolute atomic E-state index is 0.0872. The van der Waals surface area contributed by atoms with Gasteiger partial charge in [0, 0.05) is 12.1 Å². The molecule has 0 radical (unpaired) electrons. The summed E-state index contributed by atoms with van der Waals surface area (Å²) in [6.07, 6.45) is 2.67. The SMILES string of the molecule is CCCC[C@@H](CCC(=O)Nc1cccc(C(=O)O)c1)C(=O)O. The Morgan fingerprint density at radius 1 is 1.18 bits per heavy atom. The number of aliphatic carboxylic acids is 1. The number of hydrogen-bond acceptors (Lipinski definition) is 3. The predicted molar refractivity (Wildman–Crippen MR) is 81.9 cm³/mol. The lowest BCUT2D eigenvalue weighted by Gasteiger charge is -2.11. The van der Waals surface area contributed by atoms with E-state index in [1.165, 1.54) is 12.1 Å². The quantitative estimate of drug-likeness (QED) is 0.650. The van der Waals surface area contributed by atoms with Crippen LogP contribution < -0.4 is 5.32 Å². The van der Waals surface area contributed by atoms with E-state index in [0.717, 1.165) is 12.8 Å². The molecule has 3 N–H and O–H groups in total. The molecular formula is C16H21NO5. The molecule has 1 atom stereocenters. The third-order valence-electron chi connectivity index (χ3n) is 3.37. The summed E-state index contributed by atoms with van der Waals surface area (Å²) in [5.41, 5.74) is 0.481. The number of carbonyl (C=O) groups excluding carboxylic acids is 1. The van der Waals surface area contributed by atoms with Gasteiger partial charge in [0.15, 0.2) is 0 Å². The smallest absolute Gasteiger partial charge is 0.335 e. The molecule has 6 nitrogen and oxygen atoms in total. The van der Waals surface area contributed by atoms with Gasteiger partial charge in [-0.1, -0.05) is 25.8 Å². The molecule has 1 amide bonds. The number of nitrogens with one attached hydrogen (secondary N) is 1. The molecule has 0 bridgehead atoms. The number of carbonyl (C=O) groups is 3. The third-order valence-corrected chi connectivity index (χ3v) is 3.37. The number of hydrogen-bond donors (Lipinski definition) is 3. The maximum atomic E-state index is 11.8. The number of carboxylic acid groups (broad SMARTS) is 2. The van der Waals surface area contributed by atoms with Crippen LogP contribution >= 0.6 is 0 Å². The first-order chi connectivity index (χ1) is 10.4. The van der Waals surface area contributed by atoms with Crippen molar-refractivity contribution in [3.8, 4) is 0 Å². The summed E-state index contributed by atoms with van der Waals surface area (Å²) in [6.45, 7) is 1.99. The lowest BCUT2D eigenvalue weighted by molar-refractivity contribution is -0.142. The van der Waals surface area contributed by atoms with Gasteiger partial charge >= 0.3 is 11.9 Å². The van der Waals surface area contributed by atoms with Gasteiger partial charge in [-0.25, -0.2) is 4.79 Å². The molecule has 0 saturated heterocycles. The predicted octanol–water partition coefficient (Wildman–Crippen LogP) is 2.99. The van der Waals surface area contributed by atoms with Gasteiger partial charge in [0.1, 0.15) is 0 Å². The Labute approximate surface area is 129 Å². The van der Waals surface area contributed by atoms with E-state index in [4.69, 9.17) is 10.2 Å². The monoisotopic (exact) mass is 307 g/mol. The summed E-state index contributed by atoms with van der Waals surface area (Å²) in [5, 5.41) is 20.6. The zero-order chi connectivity index (χ0) is 16.5. The van der Waals surface area contributed by atoms with Gasteiger partial charge in [-0.05, 0) is 31.0 Å². The highest BCUT2D eigenvalue weighted by molar-refractivity contribution is 5.94. The lowest BCUT2D eigenvalue weighted by atomic mass is 9.97. The summed E-state index contributed by atoms with van der Waals surface area (Å²) in [7, 11) is 0. The summed E-state index contributed by atoms with van der Waals surface area (Å²) < 4.78 is 0. The molecule has 0 aliphatic carbocycles. The maximum absolute atomic E-state index is 11.8. The van der Waals surface area contributed by atoms with Crippen LogP contribution in [0.1, 0.15) is 49.4 Å². The van der Waals surface area contributed by atoms with Crippen molar-refractivity contribution >= 4 is 23.5 Å². The molecule has 0 unspecified atom stereocenters. The van der Waals surface area contributed by atoms with Crippen LogP contribution in [-0.4, -0.2) is 28.1 Å². The van der Waals surface area contributed by atoms with Gasteiger partial charge in [0.25, 0.3) is 0 Å². The molecule has 0 fully saturated rings. The number of unbranched alkanes of at least 4 members (excludes halogenated alkanes) is 1. The first-order valence-corrected chi connectivity index (χ1v) is 7.30. The maximum Gasteiger partial charge on any atom is 0.335 e. The van der Waals surface area contributed by atoms with Gasteiger partial charge in [0.05, 0.1) is 11.5 Å². The Morgan fingerprint density at radius 3 is 2.50 bits per heavy atom. The molecule has 22 heavy (non-hydrogen) atoms. The highest BCUT2D eigenvalue weighted by Gasteiger charge is 2.18. The van der Waals surface area contributed by atoms with E-state index in [1.54, 1.807) is 12.1 Å². The van der Waals surface area contributed by atoms with Crippen molar-refractivity contribution in [3.63, 3.8) is 0 Å². The van der Waals surface area contributed by atoms with Crippen LogP contribution in [0.5, 0.6) is 0 Å². The lowest BCUT2D eigenvalue weighted by Crippen LogP contribution is -2.18. The van der Waals surface area contributed by atoms with Gasteiger partial charge in [-0.3, -0.25) is 9.59 Å². The van der Waals surface area contributed by atoms with E-state index in [-0.39, 0.29) is 24.3 Å². The first-order valence-electron chi connectivity index (χ1n) is 7.30. The summed E-state index contributed by atoms with van der Waals surface area (Å²) in [6, 6.07) is 5.94. The van der Waals surface area contributed by atoms with Crippen molar-refractivity contribution in [3.05, 3.63) is 29.8 Å². The summed E-state index contributed by atoms with van der Waals surface area (Å²) in [4.78, 5) is 33.8. The first kappa shape index (κ1) is 17.7. The average molecular weight is 307 g/mol. The Hall–Kier alpha value is -2.37.